The number of hydrogen-bond donors (Lipinski definition) is 3. The van der Waals surface area contributed by atoms with E-state index in [1.165, 1.54) is 24.3 Å². The number of benzene rings is 1. The first-order valence-electron chi connectivity index (χ1n) is 7.61. The molecule has 0 bridgehead atoms. The van der Waals surface area contributed by atoms with Gasteiger partial charge in [0.15, 0.2) is 0 Å². The van der Waals surface area contributed by atoms with E-state index >= 15 is 0 Å². The number of halogens is 2. The van der Waals surface area contributed by atoms with E-state index in [9.17, 15) is 23.5 Å². The van der Waals surface area contributed by atoms with Gasteiger partial charge in [0, 0.05) is 19.0 Å². The Hall–Kier alpha value is -2.32. The van der Waals surface area contributed by atoms with Crippen LogP contribution < -0.4 is 10.6 Å². The van der Waals surface area contributed by atoms with E-state index in [1.54, 1.807) is 17.5 Å². The lowest BCUT2D eigenvalue weighted by Gasteiger charge is -2.16. The monoisotopic (exact) mass is 368 g/mol. The zero-order valence-electron chi connectivity index (χ0n) is 13.5. The molecule has 3 N–H and O–H groups in total. The third-order valence-electron chi connectivity index (χ3n) is 3.47. The van der Waals surface area contributed by atoms with Crippen LogP contribution in [0.5, 0.6) is 0 Å². The Morgan fingerprint density at radius 1 is 1.28 bits per heavy atom. The standard InChI is InChI=1S/C17H18F2N2O3S/c1-10(21-17(24)15-3-2-6-25-15)16(23)20-9-13(22)7-11-4-5-12(18)8-14(11)19/h2-6,8,10,13,22H,7,9H2,1H3,(H,20,23)(H,21,24)/t10-,13-/m1/s1. The second-order valence-electron chi connectivity index (χ2n) is 5.51. The number of aliphatic hydroxyl groups is 1. The quantitative estimate of drug-likeness (QED) is 0.698. The highest BCUT2D eigenvalue weighted by Gasteiger charge is 2.18. The number of thiophene rings is 1. The van der Waals surface area contributed by atoms with Crippen LogP contribution in [0.1, 0.15) is 22.2 Å². The molecule has 0 aliphatic rings. The normalized spacial score (nSPS) is 13.1. The van der Waals surface area contributed by atoms with Crippen LogP contribution >= 0.6 is 11.3 Å². The first kappa shape index (κ1) is 19.0. The third kappa shape index (κ3) is 5.61. The fourth-order valence-corrected chi connectivity index (χ4v) is 2.75. The summed E-state index contributed by atoms with van der Waals surface area (Å²) in [6, 6.07) is 5.68. The predicted octanol–water partition coefficient (Wildman–Crippen LogP) is 1.86. The van der Waals surface area contributed by atoms with Gasteiger partial charge in [-0.1, -0.05) is 12.1 Å². The Kier molecular flexibility index (Phi) is 6.60. The first-order chi connectivity index (χ1) is 11.9. The van der Waals surface area contributed by atoms with Crippen molar-refractivity contribution in [1.29, 1.82) is 0 Å². The van der Waals surface area contributed by atoms with Crippen LogP contribution in [-0.2, 0) is 11.2 Å². The van der Waals surface area contributed by atoms with E-state index in [0.29, 0.717) is 4.88 Å². The Balaban J connectivity index is 1.79. The van der Waals surface area contributed by atoms with E-state index in [2.05, 4.69) is 10.6 Å². The molecule has 0 saturated carbocycles. The topological polar surface area (TPSA) is 78.4 Å². The molecule has 1 aromatic heterocycles. The molecule has 2 atom stereocenters. The minimum Gasteiger partial charge on any atom is -0.391 e. The van der Waals surface area contributed by atoms with Crippen LogP contribution in [0.4, 0.5) is 8.78 Å². The molecule has 2 aromatic rings. The maximum absolute atomic E-state index is 13.5. The summed E-state index contributed by atoms with van der Waals surface area (Å²) < 4.78 is 26.4. The summed E-state index contributed by atoms with van der Waals surface area (Å²) in [5, 5.41) is 16.7. The minimum atomic E-state index is -1.04. The average molecular weight is 368 g/mol. The molecule has 0 saturated heterocycles. The number of amides is 2. The van der Waals surface area contributed by atoms with E-state index in [0.717, 1.165) is 12.1 Å². The van der Waals surface area contributed by atoms with Crippen LogP contribution in [0, 0.1) is 11.6 Å². The highest BCUT2D eigenvalue weighted by Crippen LogP contribution is 2.11. The molecule has 5 nitrogen and oxygen atoms in total. The van der Waals surface area contributed by atoms with Gasteiger partial charge >= 0.3 is 0 Å². The smallest absolute Gasteiger partial charge is 0.261 e. The van der Waals surface area contributed by atoms with Crippen molar-refractivity contribution in [3.8, 4) is 0 Å². The minimum absolute atomic E-state index is 0.0671. The molecule has 2 amide bonds. The SMILES string of the molecule is C[C@@H](NC(=O)c1cccs1)C(=O)NC[C@H](O)Cc1ccc(F)cc1F. The molecule has 0 radical (unpaired) electrons. The lowest BCUT2D eigenvalue weighted by molar-refractivity contribution is -0.123. The van der Waals surface area contributed by atoms with Gasteiger partial charge in [-0.3, -0.25) is 9.59 Å². The molecule has 0 aliphatic carbocycles. The molecule has 0 spiro atoms. The predicted molar refractivity (Wildman–Crippen MR) is 90.3 cm³/mol. The molecule has 0 unspecified atom stereocenters. The first-order valence-corrected chi connectivity index (χ1v) is 8.49. The second-order valence-corrected chi connectivity index (χ2v) is 6.46. The molecule has 25 heavy (non-hydrogen) atoms. The van der Waals surface area contributed by atoms with E-state index in [4.69, 9.17) is 0 Å². The zero-order valence-corrected chi connectivity index (χ0v) is 14.3. The zero-order chi connectivity index (χ0) is 18.4. The molecular formula is C17H18F2N2O3S. The van der Waals surface area contributed by atoms with Gasteiger partial charge in [-0.15, -0.1) is 11.3 Å². The number of carbonyl (C=O) groups is 2. The summed E-state index contributed by atoms with van der Waals surface area (Å²) in [5.41, 5.74) is 0.155. The number of carbonyl (C=O) groups excluding carboxylic acids is 2. The van der Waals surface area contributed by atoms with Crippen LogP contribution in [0.25, 0.3) is 0 Å². The van der Waals surface area contributed by atoms with Crippen molar-refractivity contribution in [3.05, 3.63) is 57.8 Å². The van der Waals surface area contributed by atoms with Gasteiger partial charge in [0.2, 0.25) is 5.91 Å². The van der Waals surface area contributed by atoms with Crippen molar-refractivity contribution in [1.82, 2.24) is 10.6 Å². The third-order valence-corrected chi connectivity index (χ3v) is 4.34. The van der Waals surface area contributed by atoms with Gasteiger partial charge in [0.05, 0.1) is 11.0 Å². The molecule has 8 heteroatoms. The van der Waals surface area contributed by atoms with E-state index in [-0.39, 0.29) is 24.4 Å². The van der Waals surface area contributed by atoms with Crippen molar-refractivity contribution in [2.45, 2.75) is 25.5 Å². The van der Waals surface area contributed by atoms with E-state index in [1.807, 2.05) is 0 Å². The van der Waals surface area contributed by atoms with Crippen molar-refractivity contribution >= 4 is 23.2 Å². The summed E-state index contributed by atoms with van der Waals surface area (Å²) in [6.45, 7) is 1.40. The van der Waals surface area contributed by atoms with Gasteiger partial charge < -0.3 is 15.7 Å². The number of rotatable bonds is 7. The van der Waals surface area contributed by atoms with Crippen LogP contribution in [-0.4, -0.2) is 35.6 Å². The molecule has 134 valence electrons. The average Bonchev–Trinajstić information content (AvgIpc) is 3.09. The highest BCUT2D eigenvalue weighted by atomic mass is 32.1. The van der Waals surface area contributed by atoms with E-state index < -0.39 is 29.7 Å². The van der Waals surface area contributed by atoms with Crippen molar-refractivity contribution in [2.24, 2.45) is 0 Å². The summed E-state index contributed by atoms with van der Waals surface area (Å²) >= 11 is 1.26. The van der Waals surface area contributed by atoms with Gasteiger partial charge in [-0.2, -0.15) is 0 Å². The highest BCUT2D eigenvalue weighted by molar-refractivity contribution is 7.12. The maximum atomic E-state index is 13.5. The summed E-state index contributed by atoms with van der Waals surface area (Å²) in [7, 11) is 0. The van der Waals surface area contributed by atoms with Crippen molar-refractivity contribution < 1.29 is 23.5 Å². The Bertz CT molecular complexity index is 737. The fraction of sp³-hybridized carbons (Fsp3) is 0.294. The number of aliphatic hydroxyl groups excluding tert-OH is 1. The molecule has 1 aromatic carbocycles. The number of hydrogen-bond acceptors (Lipinski definition) is 4. The Morgan fingerprint density at radius 2 is 2.04 bits per heavy atom. The summed E-state index contributed by atoms with van der Waals surface area (Å²) in [5.74, 6) is -2.27. The number of nitrogens with one attached hydrogen (secondary N) is 2. The van der Waals surface area contributed by atoms with Gasteiger partial charge in [-0.05, 0) is 30.0 Å². The van der Waals surface area contributed by atoms with Gasteiger partial charge in [-0.25, -0.2) is 8.78 Å². The second kappa shape index (κ2) is 8.68. The maximum Gasteiger partial charge on any atom is 0.261 e. The van der Waals surface area contributed by atoms with Crippen LogP contribution in [0.3, 0.4) is 0 Å². The summed E-state index contributed by atoms with van der Waals surface area (Å²) in [4.78, 5) is 24.3. The van der Waals surface area contributed by atoms with Crippen LogP contribution in [0.2, 0.25) is 0 Å². The largest absolute Gasteiger partial charge is 0.391 e. The molecule has 0 aliphatic heterocycles. The van der Waals surface area contributed by atoms with Crippen molar-refractivity contribution in [2.75, 3.05) is 6.54 Å². The molecule has 2 rings (SSSR count). The Morgan fingerprint density at radius 3 is 2.68 bits per heavy atom. The van der Waals surface area contributed by atoms with Gasteiger partial charge in [0.1, 0.15) is 17.7 Å². The van der Waals surface area contributed by atoms with Crippen molar-refractivity contribution in [3.63, 3.8) is 0 Å². The Labute approximate surface area is 147 Å². The fourth-order valence-electron chi connectivity index (χ4n) is 2.13. The molecule has 1 heterocycles. The van der Waals surface area contributed by atoms with Gasteiger partial charge in [0.25, 0.3) is 5.91 Å². The lowest BCUT2D eigenvalue weighted by Crippen LogP contribution is -2.46. The summed E-state index contributed by atoms with van der Waals surface area (Å²) in [6.07, 6.45) is -1.10. The van der Waals surface area contributed by atoms with Crippen LogP contribution in [0.15, 0.2) is 35.7 Å². The molecule has 0 fully saturated rings. The lowest BCUT2D eigenvalue weighted by atomic mass is 10.1. The molecular weight excluding hydrogens is 350 g/mol.